The van der Waals surface area contributed by atoms with Gasteiger partial charge in [-0.2, -0.15) is 0 Å². The van der Waals surface area contributed by atoms with E-state index in [0.717, 1.165) is 6.42 Å². The molecule has 0 bridgehead atoms. The number of aryl methyl sites for hydroxylation is 1. The monoisotopic (exact) mass is 247 g/mol. The molecule has 0 radical (unpaired) electrons. The van der Waals surface area contributed by atoms with E-state index < -0.39 is 0 Å². The van der Waals surface area contributed by atoms with Crippen LogP contribution >= 0.6 is 12.4 Å². The fourth-order valence-corrected chi connectivity index (χ4v) is 1.90. The molecule has 0 atom stereocenters. The summed E-state index contributed by atoms with van der Waals surface area (Å²) >= 11 is 0. The molecule has 17 heavy (non-hydrogen) atoms. The van der Waals surface area contributed by atoms with Crippen molar-refractivity contribution < 1.29 is 0 Å². The Balaban J connectivity index is 0.00000144. The molecule has 0 spiro atoms. The van der Waals surface area contributed by atoms with Crippen LogP contribution in [0.2, 0.25) is 0 Å². The zero-order valence-electron chi connectivity index (χ0n) is 10.0. The van der Waals surface area contributed by atoms with Crippen molar-refractivity contribution in [2.75, 3.05) is 6.54 Å². The summed E-state index contributed by atoms with van der Waals surface area (Å²) in [6.07, 6.45) is 0.944. The van der Waals surface area contributed by atoms with Gasteiger partial charge in [-0.25, -0.2) is 0 Å². The first-order chi connectivity index (χ1) is 7.79. The molecule has 2 aromatic rings. The van der Waals surface area contributed by atoms with Crippen molar-refractivity contribution in [2.45, 2.75) is 13.3 Å². The largest absolute Gasteiger partial charge is 0.330 e. The van der Waals surface area contributed by atoms with Gasteiger partial charge < -0.3 is 5.73 Å². The SMILES string of the molecule is Cc1cccc(-c2cccc(CCN)c2)c1.Cl. The first-order valence-electron chi connectivity index (χ1n) is 5.65. The molecule has 2 rings (SSSR count). The number of hydrogen-bond acceptors (Lipinski definition) is 1. The Labute approximate surface area is 109 Å². The van der Waals surface area contributed by atoms with Gasteiger partial charge in [0.2, 0.25) is 0 Å². The molecule has 0 saturated heterocycles. The van der Waals surface area contributed by atoms with Crippen LogP contribution in [0, 0.1) is 6.92 Å². The average Bonchev–Trinajstić information content (AvgIpc) is 2.30. The zero-order valence-corrected chi connectivity index (χ0v) is 10.8. The van der Waals surface area contributed by atoms with E-state index in [1.54, 1.807) is 0 Å². The third-order valence-corrected chi connectivity index (χ3v) is 2.71. The van der Waals surface area contributed by atoms with E-state index in [4.69, 9.17) is 5.73 Å². The van der Waals surface area contributed by atoms with Gasteiger partial charge in [0, 0.05) is 0 Å². The predicted octanol–water partition coefficient (Wildman–Crippen LogP) is 3.59. The summed E-state index contributed by atoms with van der Waals surface area (Å²) in [5.41, 5.74) is 10.7. The fourth-order valence-electron chi connectivity index (χ4n) is 1.90. The topological polar surface area (TPSA) is 26.0 Å². The van der Waals surface area contributed by atoms with Crippen LogP contribution in [0.4, 0.5) is 0 Å². The molecular formula is C15H18ClN. The molecule has 0 aliphatic rings. The molecule has 0 saturated carbocycles. The number of nitrogens with two attached hydrogens (primary N) is 1. The Morgan fingerprint density at radius 1 is 0.941 bits per heavy atom. The summed E-state index contributed by atoms with van der Waals surface area (Å²) in [6, 6.07) is 17.2. The van der Waals surface area contributed by atoms with Crippen molar-refractivity contribution in [1.29, 1.82) is 0 Å². The molecule has 2 heteroatoms. The Morgan fingerprint density at radius 2 is 1.59 bits per heavy atom. The maximum Gasteiger partial charge on any atom is -0.00367 e. The molecule has 1 nitrogen and oxygen atoms in total. The molecule has 2 N–H and O–H groups in total. The third-order valence-electron chi connectivity index (χ3n) is 2.71. The van der Waals surface area contributed by atoms with Crippen LogP contribution in [0.1, 0.15) is 11.1 Å². The van der Waals surface area contributed by atoms with Gasteiger partial charge >= 0.3 is 0 Å². The molecule has 0 unspecified atom stereocenters. The van der Waals surface area contributed by atoms with E-state index in [0.29, 0.717) is 6.54 Å². The van der Waals surface area contributed by atoms with E-state index in [1.807, 2.05) is 0 Å². The molecule has 0 fully saturated rings. The van der Waals surface area contributed by atoms with Crippen LogP contribution in [-0.2, 0) is 6.42 Å². The van der Waals surface area contributed by atoms with Gasteiger partial charge in [0.05, 0.1) is 0 Å². The maximum absolute atomic E-state index is 5.57. The first-order valence-corrected chi connectivity index (χ1v) is 5.65. The first kappa shape index (κ1) is 13.8. The Morgan fingerprint density at radius 3 is 2.24 bits per heavy atom. The molecule has 0 aliphatic heterocycles. The lowest BCUT2D eigenvalue weighted by molar-refractivity contribution is 0.969. The standard InChI is InChI=1S/C15H17N.ClH/c1-12-4-2-6-14(10-12)15-7-3-5-13(11-15)8-9-16;/h2-7,10-11H,8-9,16H2,1H3;1H. The van der Waals surface area contributed by atoms with Gasteiger partial charge in [0.1, 0.15) is 0 Å². The molecular weight excluding hydrogens is 230 g/mol. The van der Waals surface area contributed by atoms with Gasteiger partial charge in [-0.15, -0.1) is 12.4 Å². The second kappa shape index (κ2) is 6.43. The van der Waals surface area contributed by atoms with Crippen LogP contribution in [0.5, 0.6) is 0 Å². The molecule has 90 valence electrons. The molecule has 0 aromatic heterocycles. The smallest absolute Gasteiger partial charge is 0.00367 e. The maximum atomic E-state index is 5.57. The normalized spacial score (nSPS) is 9.76. The van der Waals surface area contributed by atoms with Crippen LogP contribution in [0.3, 0.4) is 0 Å². The number of benzene rings is 2. The Bertz CT molecular complexity index is 480. The van der Waals surface area contributed by atoms with Crippen LogP contribution in [0.25, 0.3) is 11.1 Å². The third kappa shape index (κ3) is 3.58. The zero-order chi connectivity index (χ0) is 11.4. The highest BCUT2D eigenvalue weighted by molar-refractivity contribution is 5.85. The van der Waals surface area contributed by atoms with E-state index in [-0.39, 0.29) is 12.4 Å². The van der Waals surface area contributed by atoms with Crippen molar-refractivity contribution in [2.24, 2.45) is 5.73 Å². The minimum Gasteiger partial charge on any atom is -0.330 e. The fraction of sp³-hybridized carbons (Fsp3) is 0.200. The highest BCUT2D eigenvalue weighted by Crippen LogP contribution is 2.21. The highest BCUT2D eigenvalue weighted by atomic mass is 35.5. The van der Waals surface area contributed by atoms with Crippen molar-refractivity contribution in [3.63, 3.8) is 0 Å². The van der Waals surface area contributed by atoms with Gasteiger partial charge in [-0.05, 0) is 36.6 Å². The minimum absolute atomic E-state index is 0. The van der Waals surface area contributed by atoms with Crippen LogP contribution < -0.4 is 5.73 Å². The van der Waals surface area contributed by atoms with Gasteiger partial charge in [-0.1, -0.05) is 54.1 Å². The van der Waals surface area contributed by atoms with Crippen molar-refractivity contribution in [3.05, 3.63) is 59.7 Å². The molecule has 0 aliphatic carbocycles. The Hall–Kier alpha value is -1.31. The number of rotatable bonds is 3. The number of halogens is 1. The second-order valence-electron chi connectivity index (χ2n) is 4.11. The summed E-state index contributed by atoms with van der Waals surface area (Å²) in [5.74, 6) is 0. The van der Waals surface area contributed by atoms with E-state index in [1.165, 1.54) is 22.3 Å². The second-order valence-corrected chi connectivity index (χ2v) is 4.11. The van der Waals surface area contributed by atoms with Crippen LogP contribution in [-0.4, -0.2) is 6.54 Å². The van der Waals surface area contributed by atoms with Crippen LogP contribution in [0.15, 0.2) is 48.5 Å². The average molecular weight is 248 g/mol. The predicted molar refractivity (Wildman–Crippen MR) is 76.6 cm³/mol. The quantitative estimate of drug-likeness (QED) is 0.882. The summed E-state index contributed by atoms with van der Waals surface area (Å²) in [4.78, 5) is 0. The lowest BCUT2D eigenvalue weighted by atomic mass is 10.0. The van der Waals surface area contributed by atoms with Crippen molar-refractivity contribution >= 4 is 12.4 Å². The van der Waals surface area contributed by atoms with E-state index >= 15 is 0 Å². The van der Waals surface area contributed by atoms with Gasteiger partial charge in [0.25, 0.3) is 0 Å². The molecule has 2 aromatic carbocycles. The summed E-state index contributed by atoms with van der Waals surface area (Å²) in [6.45, 7) is 2.82. The summed E-state index contributed by atoms with van der Waals surface area (Å²) < 4.78 is 0. The minimum atomic E-state index is 0. The van der Waals surface area contributed by atoms with E-state index in [9.17, 15) is 0 Å². The Kier molecular flexibility index (Phi) is 5.20. The lowest BCUT2D eigenvalue weighted by Gasteiger charge is -2.05. The molecule has 0 heterocycles. The summed E-state index contributed by atoms with van der Waals surface area (Å²) in [7, 11) is 0. The molecule has 0 amide bonds. The van der Waals surface area contributed by atoms with Crippen molar-refractivity contribution in [3.8, 4) is 11.1 Å². The number of hydrogen-bond donors (Lipinski definition) is 1. The van der Waals surface area contributed by atoms with E-state index in [2.05, 4.69) is 55.5 Å². The van der Waals surface area contributed by atoms with Crippen molar-refractivity contribution in [1.82, 2.24) is 0 Å². The summed E-state index contributed by atoms with van der Waals surface area (Å²) in [5, 5.41) is 0. The highest BCUT2D eigenvalue weighted by Gasteiger charge is 1.99. The lowest BCUT2D eigenvalue weighted by Crippen LogP contribution is -2.02. The van der Waals surface area contributed by atoms with Gasteiger partial charge in [0.15, 0.2) is 0 Å². The van der Waals surface area contributed by atoms with Gasteiger partial charge in [-0.3, -0.25) is 0 Å².